The fourth-order valence-electron chi connectivity index (χ4n) is 4.30. The molecule has 2 aromatic rings. The highest BCUT2D eigenvalue weighted by Gasteiger charge is 2.36. The van der Waals surface area contributed by atoms with Crippen molar-refractivity contribution in [3.05, 3.63) is 65.2 Å². The van der Waals surface area contributed by atoms with Crippen molar-refractivity contribution >= 4 is 21.6 Å². The second-order valence-electron chi connectivity index (χ2n) is 10.2. The number of ether oxygens (including phenoxy) is 2. The van der Waals surface area contributed by atoms with E-state index in [1.54, 1.807) is 39.0 Å². The number of hydrogen-bond donors (Lipinski definition) is 0. The molecule has 0 saturated heterocycles. The van der Waals surface area contributed by atoms with E-state index in [-0.39, 0.29) is 12.2 Å². The molecule has 0 unspecified atom stereocenters. The van der Waals surface area contributed by atoms with Gasteiger partial charge in [-0.3, -0.25) is 0 Å². The van der Waals surface area contributed by atoms with E-state index in [0.29, 0.717) is 42.2 Å². The van der Waals surface area contributed by atoms with Crippen LogP contribution >= 0.6 is 0 Å². The molecule has 6 nitrogen and oxygen atoms in total. The molecule has 0 saturated carbocycles. The van der Waals surface area contributed by atoms with Crippen LogP contribution in [0.1, 0.15) is 68.8 Å². The van der Waals surface area contributed by atoms with Crippen LogP contribution < -0.4 is 4.74 Å². The smallest absolute Gasteiger partial charge is 0.416 e. The van der Waals surface area contributed by atoms with Gasteiger partial charge in [0.05, 0.1) is 16.5 Å². The predicted molar refractivity (Wildman–Crippen MR) is 135 cm³/mol. The third-order valence-electron chi connectivity index (χ3n) is 6.04. The van der Waals surface area contributed by atoms with Gasteiger partial charge >= 0.3 is 12.1 Å². The summed E-state index contributed by atoms with van der Waals surface area (Å²) >= 11 is 0. The van der Waals surface area contributed by atoms with Crippen molar-refractivity contribution in [2.24, 2.45) is 0 Å². The number of benzene rings is 2. The molecule has 0 amide bonds. The van der Waals surface area contributed by atoms with Crippen molar-refractivity contribution in [3.8, 4) is 5.75 Å². The van der Waals surface area contributed by atoms with E-state index in [0.717, 1.165) is 15.9 Å². The van der Waals surface area contributed by atoms with Crippen LogP contribution in [0.3, 0.4) is 0 Å². The Morgan fingerprint density at radius 2 is 1.84 bits per heavy atom. The van der Waals surface area contributed by atoms with Crippen molar-refractivity contribution < 1.29 is 35.9 Å². The van der Waals surface area contributed by atoms with E-state index in [4.69, 9.17) is 9.47 Å². The van der Waals surface area contributed by atoms with Crippen molar-refractivity contribution in [1.29, 1.82) is 0 Å². The molecule has 3 rings (SSSR count). The molecule has 2 aromatic carbocycles. The third-order valence-corrected chi connectivity index (χ3v) is 7.88. The number of nitrogens with zero attached hydrogens (tertiary/aromatic N) is 1. The molecule has 1 atom stereocenters. The minimum Gasteiger partial charge on any atom is -0.482 e. The summed E-state index contributed by atoms with van der Waals surface area (Å²) in [4.78, 5) is 11.7. The Morgan fingerprint density at radius 1 is 1.16 bits per heavy atom. The van der Waals surface area contributed by atoms with Crippen molar-refractivity contribution in [3.63, 3.8) is 0 Å². The molecule has 202 valence electrons. The van der Waals surface area contributed by atoms with Crippen molar-refractivity contribution in [2.45, 2.75) is 69.7 Å². The van der Waals surface area contributed by atoms with E-state index in [1.807, 2.05) is 0 Å². The van der Waals surface area contributed by atoms with Crippen molar-refractivity contribution in [1.82, 2.24) is 4.31 Å². The lowest BCUT2D eigenvalue weighted by molar-refractivity contribution is -0.157. The van der Waals surface area contributed by atoms with Crippen molar-refractivity contribution in [2.75, 3.05) is 13.7 Å². The number of alkyl halides is 3. The molecular weight excluding hydrogens is 507 g/mol. The Bertz CT molecular complexity index is 1300. The van der Waals surface area contributed by atoms with Crippen LogP contribution in [0.4, 0.5) is 13.2 Å². The lowest BCUT2D eigenvalue weighted by Gasteiger charge is -2.33. The molecule has 1 aliphatic rings. The van der Waals surface area contributed by atoms with Crippen LogP contribution in [0, 0.1) is 0 Å². The highest BCUT2D eigenvalue weighted by atomic mass is 32.2. The Balaban J connectivity index is 1.95. The molecule has 1 aliphatic carbocycles. The van der Waals surface area contributed by atoms with Gasteiger partial charge in [-0.15, -0.1) is 0 Å². The average molecular weight is 540 g/mol. The summed E-state index contributed by atoms with van der Waals surface area (Å²) in [5, 5.41) is 0. The zero-order valence-electron chi connectivity index (χ0n) is 21.6. The summed E-state index contributed by atoms with van der Waals surface area (Å²) < 4.78 is 79.8. The van der Waals surface area contributed by atoms with Gasteiger partial charge in [-0.1, -0.05) is 24.3 Å². The number of allylic oxidation sites excluding steroid dienone is 1. The molecular formula is C27H32F3NO5S. The van der Waals surface area contributed by atoms with Crippen LogP contribution in [0.5, 0.6) is 5.75 Å². The fraction of sp³-hybridized carbons (Fsp3) is 0.444. The second kappa shape index (κ2) is 10.5. The van der Waals surface area contributed by atoms with Gasteiger partial charge in [-0.2, -0.15) is 17.5 Å². The minimum atomic E-state index is -4.72. The van der Waals surface area contributed by atoms with Crippen LogP contribution in [-0.2, 0) is 32.2 Å². The fourth-order valence-corrected chi connectivity index (χ4v) is 5.74. The lowest BCUT2D eigenvalue weighted by atomic mass is 9.87. The highest BCUT2D eigenvalue weighted by molar-refractivity contribution is 7.89. The average Bonchev–Trinajstić information content (AvgIpc) is 2.79. The summed E-state index contributed by atoms with van der Waals surface area (Å²) in [7, 11) is -2.94. The van der Waals surface area contributed by atoms with E-state index < -0.39 is 44.3 Å². The summed E-state index contributed by atoms with van der Waals surface area (Å²) in [5.41, 5.74) is 0.152. The molecule has 0 fully saturated rings. The lowest BCUT2D eigenvalue weighted by Crippen LogP contribution is -2.34. The topological polar surface area (TPSA) is 72.9 Å². The molecule has 37 heavy (non-hydrogen) atoms. The molecule has 0 aliphatic heterocycles. The predicted octanol–water partition coefficient (Wildman–Crippen LogP) is 6.16. The Hall–Kier alpha value is -2.85. The standard InChI is InChI=1S/C27H32F3NO5S/c1-17(2)18-13-19(27(28,29)30)15-20(14-18)37(33,34)31(6)23-11-7-10-22-21(23)9-8-12-24(22)35-16-25(32)36-26(3,4)5/h8-9,12-15,23H,1,7,10-11,16H2,2-6H3/t23-/m1/s1. The van der Waals surface area contributed by atoms with Crippen LogP contribution in [0.2, 0.25) is 0 Å². The van der Waals surface area contributed by atoms with Crippen LogP contribution in [-0.4, -0.2) is 37.9 Å². The van der Waals surface area contributed by atoms with Gasteiger partial charge < -0.3 is 9.47 Å². The molecule has 0 heterocycles. The largest absolute Gasteiger partial charge is 0.482 e. The Morgan fingerprint density at radius 3 is 2.43 bits per heavy atom. The van der Waals surface area contributed by atoms with Gasteiger partial charge in [-0.05, 0) is 87.9 Å². The molecule has 0 bridgehead atoms. The number of halogens is 3. The monoisotopic (exact) mass is 539 g/mol. The molecule has 0 radical (unpaired) electrons. The van der Waals surface area contributed by atoms with Gasteiger partial charge in [0.25, 0.3) is 0 Å². The number of fused-ring (bicyclic) bond motifs is 1. The zero-order chi connectivity index (χ0) is 27.8. The number of rotatable bonds is 7. The van der Waals surface area contributed by atoms with E-state index >= 15 is 0 Å². The number of sulfonamides is 1. The van der Waals surface area contributed by atoms with Gasteiger partial charge in [-0.25, -0.2) is 13.2 Å². The first-order valence-electron chi connectivity index (χ1n) is 11.8. The number of carbonyl (C=O) groups is 1. The molecule has 0 N–H and O–H groups in total. The SMILES string of the molecule is C=C(C)c1cc(C(F)(F)F)cc(S(=O)(=O)N(C)[C@@H]2CCCc3c(OCC(=O)OC(C)(C)C)cccc32)c1. The van der Waals surface area contributed by atoms with Gasteiger partial charge in [0.1, 0.15) is 11.4 Å². The normalized spacial score (nSPS) is 16.3. The Labute approximate surface area is 216 Å². The van der Waals surface area contributed by atoms with E-state index in [1.165, 1.54) is 20.0 Å². The maximum atomic E-state index is 13.6. The second-order valence-corrected chi connectivity index (χ2v) is 12.1. The first-order chi connectivity index (χ1) is 17.0. The van der Waals surface area contributed by atoms with Gasteiger partial charge in [0.15, 0.2) is 6.61 Å². The number of carbonyl (C=O) groups excluding carboxylic acids is 1. The molecule has 0 aromatic heterocycles. The molecule has 10 heteroatoms. The van der Waals surface area contributed by atoms with Gasteiger partial charge in [0, 0.05) is 7.05 Å². The summed E-state index contributed by atoms with van der Waals surface area (Å²) in [5.74, 6) is -0.0856. The first-order valence-corrected chi connectivity index (χ1v) is 13.3. The highest BCUT2D eigenvalue weighted by Crippen LogP contribution is 2.41. The summed E-state index contributed by atoms with van der Waals surface area (Å²) in [6.07, 6.45) is -3.01. The van der Waals surface area contributed by atoms with Crippen LogP contribution in [0.25, 0.3) is 5.57 Å². The summed E-state index contributed by atoms with van der Waals surface area (Å²) in [6, 6.07) is 7.32. The zero-order valence-corrected chi connectivity index (χ0v) is 22.4. The number of hydrogen-bond acceptors (Lipinski definition) is 5. The maximum Gasteiger partial charge on any atom is 0.416 e. The minimum absolute atomic E-state index is 0.101. The summed E-state index contributed by atoms with van der Waals surface area (Å²) in [6.45, 7) is 10.1. The number of esters is 1. The van der Waals surface area contributed by atoms with Gasteiger partial charge in [0.2, 0.25) is 10.0 Å². The molecule has 0 spiro atoms. The Kier molecular flexibility index (Phi) is 8.14. The van der Waals surface area contributed by atoms with E-state index in [9.17, 15) is 26.4 Å². The van der Waals surface area contributed by atoms with E-state index in [2.05, 4.69) is 6.58 Å². The third kappa shape index (κ3) is 6.73. The van der Waals surface area contributed by atoms with Crippen LogP contribution in [0.15, 0.2) is 47.9 Å². The maximum absolute atomic E-state index is 13.6. The first kappa shape index (κ1) is 28.7. The quantitative estimate of drug-likeness (QED) is 0.394.